The van der Waals surface area contributed by atoms with Gasteiger partial charge in [-0.3, -0.25) is 9.59 Å². The topological polar surface area (TPSA) is 52.6 Å². The summed E-state index contributed by atoms with van der Waals surface area (Å²) in [5.74, 6) is 1.13. The molecule has 0 amide bonds. The summed E-state index contributed by atoms with van der Waals surface area (Å²) < 4.78 is 11.0. The lowest BCUT2D eigenvalue weighted by Gasteiger charge is -2.17. The fourth-order valence-electron chi connectivity index (χ4n) is 4.96. The Morgan fingerprint density at radius 3 is 1.03 bits per heavy atom. The van der Waals surface area contributed by atoms with E-state index in [9.17, 15) is 9.59 Å². The maximum atomic E-state index is 12.1. The van der Waals surface area contributed by atoms with E-state index in [1.54, 1.807) is 0 Å². The molecule has 4 nitrogen and oxygen atoms in total. The molecule has 0 unspecified atom stereocenters. The second-order valence-electron chi connectivity index (χ2n) is 10.9. The molecule has 0 atom stereocenters. The molecule has 4 heteroatoms. The summed E-state index contributed by atoms with van der Waals surface area (Å²) in [4.78, 5) is 24.2. The van der Waals surface area contributed by atoms with Crippen molar-refractivity contribution < 1.29 is 19.1 Å². The number of unbranched alkanes of at least 4 members (excludes halogenated alkanes) is 9. The fraction of sp³-hybridized carbons (Fsp3) is 0.938. The van der Waals surface area contributed by atoms with Crippen LogP contribution in [0.1, 0.15) is 169 Å². The van der Waals surface area contributed by atoms with Gasteiger partial charge in [0, 0.05) is 12.8 Å². The van der Waals surface area contributed by atoms with Gasteiger partial charge in [-0.05, 0) is 37.5 Å². The molecule has 0 aliphatic carbocycles. The number of hydrogen-bond acceptors (Lipinski definition) is 4. The molecule has 0 rings (SSSR count). The summed E-state index contributed by atoms with van der Waals surface area (Å²) in [5.41, 5.74) is 0. The second-order valence-corrected chi connectivity index (χ2v) is 10.9. The zero-order chi connectivity index (χ0) is 26.7. The third-order valence-corrected chi connectivity index (χ3v) is 7.45. The Morgan fingerprint density at radius 2 is 0.750 bits per heavy atom. The maximum Gasteiger partial charge on any atom is 0.305 e. The van der Waals surface area contributed by atoms with Crippen LogP contribution in [0, 0.1) is 11.8 Å². The molecule has 36 heavy (non-hydrogen) atoms. The van der Waals surface area contributed by atoms with Crippen molar-refractivity contribution in [3.63, 3.8) is 0 Å². The van der Waals surface area contributed by atoms with Crippen LogP contribution in [0.2, 0.25) is 0 Å². The van der Waals surface area contributed by atoms with Crippen molar-refractivity contribution in [1.29, 1.82) is 0 Å². The third-order valence-electron chi connectivity index (χ3n) is 7.45. The van der Waals surface area contributed by atoms with Gasteiger partial charge in [0.05, 0.1) is 13.2 Å². The Labute approximate surface area is 225 Å². The van der Waals surface area contributed by atoms with Crippen molar-refractivity contribution in [3.8, 4) is 0 Å². The number of carbonyl (C=O) groups is 2. The first kappa shape index (κ1) is 34.9. The zero-order valence-corrected chi connectivity index (χ0v) is 24.8. The van der Waals surface area contributed by atoms with Crippen LogP contribution >= 0.6 is 0 Å². The average molecular weight is 511 g/mol. The summed E-state index contributed by atoms with van der Waals surface area (Å²) in [6.45, 7) is 10.1. The lowest BCUT2D eigenvalue weighted by molar-refractivity contribution is -0.146. The molecule has 0 saturated carbocycles. The van der Waals surface area contributed by atoms with Crippen LogP contribution in [0.5, 0.6) is 0 Å². The van der Waals surface area contributed by atoms with E-state index in [0.29, 0.717) is 50.7 Å². The Bertz CT molecular complexity index is 427. The molecule has 0 bridgehead atoms. The third kappa shape index (κ3) is 23.3. The molecular formula is C32H62O4. The normalized spacial score (nSPS) is 11.4. The van der Waals surface area contributed by atoms with Crippen molar-refractivity contribution in [2.24, 2.45) is 11.8 Å². The minimum Gasteiger partial charge on any atom is -0.466 e. The average Bonchev–Trinajstić information content (AvgIpc) is 2.86. The molecule has 0 aliphatic rings. The van der Waals surface area contributed by atoms with Gasteiger partial charge in [-0.1, -0.05) is 130 Å². The van der Waals surface area contributed by atoms with Crippen LogP contribution in [0.4, 0.5) is 0 Å². The van der Waals surface area contributed by atoms with Gasteiger partial charge in [0.15, 0.2) is 0 Å². The van der Waals surface area contributed by atoms with Crippen LogP contribution in [0.3, 0.4) is 0 Å². The monoisotopic (exact) mass is 510 g/mol. The molecule has 0 aromatic rings. The van der Waals surface area contributed by atoms with Crippen molar-refractivity contribution in [1.82, 2.24) is 0 Å². The molecule has 0 saturated heterocycles. The predicted molar refractivity (Wildman–Crippen MR) is 153 cm³/mol. The minimum atomic E-state index is -0.119. The van der Waals surface area contributed by atoms with Crippen LogP contribution < -0.4 is 0 Å². The van der Waals surface area contributed by atoms with Crippen LogP contribution in [0.15, 0.2) is 0 Å². The molecule has 0 spiro atoms. The Morgan fingerprint density at radius 1 is 0.444 bits per heavy atom. The van der Waals surface area contributed by atoms with Gasteiger partial charge in [0.25, 0.3) is 0 Å². The smallest absolute Gasteiger partial charge is 0.305 e. The van der Waals surface area contributed by atoms with Gasteiger partial charge in [-0.15, -0.1) is 0 Å². The van der Waals surface area contributed by atoms with Gasteiger partial charge in [0.1, 0.15) is 0 Å². The lowest BCUT2D eigenvalue weighted by Crippen LogP contribution is -2.12. The van der Waals surface area contributed by atoms with E-state index < -0.39 is 0 Å². The number of esters is 2. The number of ether oxygens (including phenoxy) is 2. The van der Waals surface area contributed by atoms with E-state index in [-0.39, 0.29) is 11.9 Å². The quantitative estimate of drug-likeness (QED) is 0.0814. The highest BCUT2D eigenvalue weighted by Crippen LogP contribution is 2.22. The Hall–Kier alpha value is -1.06. The summed E-state index contributed by atoms with van der Waals surface area (Å²) in [5, 5.41) is 0. The Balaban J connectivity index is 3.96. The molecule has 0 heterocycles. The van der Waals surface area contributed by atoms with E-state index in [1.807, 2.05) is 0 Å². The second kappa shape index (κ2) is 27.0. The summed E-state index contributed by atoms with van der Waals surface area (Å²) in [6.07, 6.45) is 24.6. The number of carbonyl (C=O) groups excluding carboxylic acids is 2. The molecule has 0 aromatic heterocycles. The molecule has 0 fully saturated rings. The number of rotatable bonds is 27. The SMILES string of the molecule is CCCCCC(CCCCC)CCOC(=O)CCCCC(=O)OCCC(CCCCC)CCCCC. The van der Waals surface area contributed by atoms with Crippen LogP contribution in [0.25, 0.3) is 0 Å². The van der Waals surface area contributed by atoms with E-state index >= 15 is 0 Å². The summed E-state index contributed by atoms with van der Waals surface area (Å²) >= 11 is 0. The number of hydrogen-bond donors (Lipinski definition) is 0. The first-order chi connectivity index (χ1) is 17.6. The molecule has 0 aliphatic heterocycles. The van der Waals surface area contributed by atoms with Crippen molar-refractivity contribution in [3.05, 3.63) is 0 Å². The molecule has 214 valence electrons. The van der Waals surface area contributed by atoms with Crippen LogP contribution in [-0.4, -0.2) is 25.2 Å². The van der Waals surface area contributed by atoms with E-state index in [0.717, 1.165) is 12.8 Å². The molecular weight excluding hydrogens is 448 g/mol. The first-order valence-electron chi connectivity index (χ1n) is 15.9. The molecule has 0 radical (unpaired) electrons. The first-order valence-corrected chi connectivity index (χ1v) is 15.9. The summed E-state index contributed by atoms with van der Waals surface area (Å²) in [7, 11) is 0. The predicted octanol–water partition coefficient (Wildman–Crippen LogP) is 9.97. The van der Waals surface area contributed by atoms with Crippen molar-refractivity contribution in [2.75, 3.05) is 13.2 Å². The highest BCUT2D eigenvalue weighted by molar-refractivity contribution is 5.70. The highest BCUT2D eigenvalue weighted by Gasteiger charge is 2.12. The fourth-order valence-corrected chi connectivity index (χ4v) is 4.96. The molecule has 0 aromatic carbocycles. The lowest BCUT2D eigenvalue weighted by atomic mass is 9.92. The standard InChI is InChI=1S/C32H62O4/c1-5-9-13-19-29(20-14-10-6-2)25-27-35-31(33)23-17-18-24-32(34)36-28-26-30(21-15-11-7-3)22-16-12-8-4/h29-30H,5-28H2,1-4H3. The Kier molecular flexibility index (Phi) is 26.2. The minimum absolute atomic E-state index is 0.119. The van der Waals surface area contributed by atoms with Crippen molar-refractivity contribution >= 4 is 11.9 Å². The van der Waals surface area contributed by atoms with Gasteiger partial charge in [-0.2, -0.15) is 0 Å². The maximum absolute atomic E-state index is 12.1. The van der Waals surface area contributed by atoms with E-state index in [1.165, 1.54) is 103 Å². The largest absolute Gasteiger partial charge is 0.466 e. The van der Waals surface area contributed by atoms with E-state index in [2.05, 4.69) is 27.7 Å². The van der Waals surface area contributed by atoms with Gasteiger partial charge >= 0.3 is 11.9 Å². The molecule has 0 N–H and O–H groups in total. The van der Waals surface area contributed by atoms with Gasteiger partial charge in [-0.25, -0.2) is 0 Å². The van der Waals surface area contributed by atoms with Crippen molar-refractivity contribution in [2.45, 2.75) is 169 Å². The van der Waals surface area contributed by atoms with Crippen LogP contribution in [-0.2, 0) is 19.1 Å². The van der Waals surface area contributed by atoms with Gasteiger partial charge < -0.3 is 9.47 Å². The van der Waals surface area contributed by atoms with E-state index in [4.69, 9.17) is 9.47 Å². The summed E-state index contributed by atoms with van der Waals surface area (Å²) in [6, 6.07) is 0. The highest BCUT2D eigenvalue weighted by atomic mass is 16.5. The van der Waals surface area contributed by atoms with Gasteiger partial charge in [0.2, 0.25) is 0 Å². The zero-order valence-electron chi connectivity index (χ0n) is 24.8.